The average Bonchev–Trinajstić information content (AvgIpc) is 2.34. The van der Waals surface area contributed by atoms with E-state index in [1.807, 2.05) is 20.8 Å². The third kappa shape index (κ3) is 5.24. The van der Waals surface area contributed by atoms with E-state index < -0.39 is 18.3 Å². The highest BCUT2D eigenvalue weighted by Crippen LogP contribution is 2.26. The van der Waals surface area contributed by atoms with Crippen LogP contribution in [0.4, 0.5) is 5.69 Å². The lowest BCUT2D eigenvalue weighted by molar-refractivity contribution is -0.0982. The number of benzene rings is 1. The topological polar surface area (TPSA) is 85.5 Å². The van der Waals surface area contributed by atoms with Gasteiger partial charge in [-0.15, -0.1) is 0 Å². The average molecular weight is 318 g/mol. The Morgan fingerprint density at radius 1 is 1.13 bits per heavy atom. The molecule has 0 atom stereocenters. The van der Waals surface area contributed by atoms with Gasteiger partial charge in [-0.05, 0) is 66.1 Å². The van der Waals surface area contributed by atoms with Crippen molar-refractivity contribution in [2.45, 2.75) is 65.2 Å². The van der Waals surface area contributed by atoms with Crippen molar-refractivity contribution in [3.63, 3.8) is 0 Å². The highest BCUT2D eigenvalue weighted by atomic mass is 16.5. The Hall–Kier alpha value is -1.55. The van der Waals surface area contributed by atoms with Crippen molar-refractivity contribution in [3.05, 3.63) is 23.8 Å². The van der Waals surface area contributed by atoms with E-state index in [-0.39, 0.29) is 5.54 Å². The van der Waals surface area contributed by atoms with Crippen LogP contribution in [0.25, 0.3) is 0 Å². The molecule has 126 valence electrons. The summed E-state index contributed by atoms with van der Waals surface area (Å²) in [7, 11) is -1.20. The molecule has 0 heterocycles. The first-order chi connectivity index (χ1) is 10.3. The smallest absolute Gasteiger partial charge is 0.423 e. The summed E-state index contributed by atoms with van der Waals surface area (Å²) in [4.78, 5) is 0. The summed E-state index contributed by atoms with van der Waals surface area (Å²) in [6.45, 7) is 12.7. The third-order valence-corrected chi connectivity index (χ3v) is 3.84. The molecular formula is C17H27BN2O3. The molecule has 6 heteroatoms. The molecule has 0 amide bonds. The summed E-state index contributed by atoms with van der Waals surface area (Å²) in [6.07, 6.45) is 0. The Morgan fingerprint density at radius 3 is 2.13 bits per heavy atom. The van der Waals surface area contributed by atoms with Crippen molar-refractivity contribution >= 4 is 18.3 Å². The molecule has 1 aromatic carbocycles. The van der Waals surface area contributed by atoms with Crippen molar-refractivity contribution in [2.75, 3.05) is 5.32 Å². The fourth-order valence-corrected chi connectivity index (χ4v) is 1.81. The van der Waals surface area contributed by atoms with E-state index in [1.54, 1.807) is 45.9 Å². The summed E-state index contributed by atoms with van der Waals surface area (Å²) in [5, 5.41) is 33.0. The number of nitriles is 1. The Morgan fingerprint density at radius 2 is 1.70 bits per heavy atom. The van der Waals surface area contributed by atoms with Crippen LogP contribution in [0.3, 0.4) is 0 Å². The second-order valence-corrected chi connectivity index (χ2v) is 7.83. The van der Waals surface area contributed by atoms with Crippen molar-refractivity contribution in [1.82, 2.24) is 0 Å². The van der Waals surface area contributed by atoms with Gasteiger partial charge in [0.05, 0.1) is 22.5 Å². The van der Waals surface area contributed by atoms with Crippen LogP contribution in [0.15, 0.2) is 18.2 Å². The molecule has 1 aromatic rings. The van der Waals surface area contributed by atoms with Crippen LogP contribution in [-0.2, 0) is 4.65 Å². The lowest BCUT2D eigenvalue weighted by atomic mass is 9.76. The van der Waals surface area contributed by atoms with Crippen LogP contribution in [0.1, 0.15) is 54.0 Å². The largest absolute Gasteiger partial charge is 0.491 e. The van der Waals surface area contributed by atoms with E-state index in [9.17, 15) is 15.4 Å². The number of anilines is 1. The zero-order valence-electron chi connectivity index (χ0n) is 15.1. The van der Waals surface area contributed by atoms with E-state index >= 15 is 0 Å². The number of nitrogens with zero attached hydrogens (tertiary/aromatic N) is 1. The Balaban J connectivity index is 3.10. The number of nitrogens with one attached hydrogen (secondary N) is 1. The first-order valence-electron chi connectivity index (χ1n) is 7.67. The number of aliphatic hydroxyl groups is 1. The lowest BCUT2D eigenvalue weighted by Crippen LogP contribution is -2.53. The summed E-state index contributed by atoms with van der Waals surface area (Å²) in [5.41, 5.74) is -0.625. The van der Waals surface area contributed by atoms with E-state index in [0.29, 0.717) is 16.7 Å². The highest BCUT2D eigenvalue weighted by Gasteiger charge is 2.39. The molecule has 0 bridgehead atoms. The van der Waals surface area contributed by atoms with Crippen LogP contribution in [-0.4, -0.2) is 34.0 Å². The summed E-state index contributed by atoms with van der Waals surface area (Å²) in [6, 6.07) is 7.13. The fraction of sp³-hybridized carbons (Fsp3) is 0.588. The summed E-state index contributed by atoms with van der Waals surface area (Å²) < 4.78 is 5.64. The Labute approximate surface area is 139 Å². The Bertz CT molecular complexity index is 595. The van der Waals surface area contributed by atoms with Gasteiger partial charge in [-0.3, -0.25) is 0 Å². The monoisotopic (exact) mass is 318 g/mol. The molecule has 0 fully saturated rings. The standard InChI is InChI=1S/C17H27BN2O3/c1-15(2,3)20-14-10-13(9-8-12(14)11-19)18(22)23-17(6,7)16(4,5)21/h8-10,20-22H,1-7H3. The van der Waals surface area contributed by atoms with Gasteiger partial charge in [-0.25, -0.2) is 0 Å². The van der Waals surface area contributed by atoms with Gasteiger partial charge in [-0.1, -0.05) is 6.07 Å². The summed E-state index contributed by atoms with van der Waals surface area (Å²) >= 11 is 0. The predicted octanol–water partition coefficient (Wildman–Crippen LogP) is 2.02. The maximum absolute atomic E-state index is 10.4. The molecule has 0 saturated carbocycles. The third-order valence-electron chi connectivity index (χ3n) is 3.84. The van der Waals surface area contributed by atoms with E-state index in [1.165, 1.54) is 0 Å². The SMILES string of the molecule is CC(C)(C)Nc1cc(B(O)OC(C)(C)C(C)(C)O)ccc1C#N. The molecule has 0 aliphatic heterocycles. The highest BCUT2D eigenvalue weighted by molar-refractivity contribution is 6.60. The Kier molecular flexibility index (Phi) is 5.53. The van der Waals surface area contributed by atoms with Crippen LogP contribution in [0.2, 0.25) is 0 Å². The minimum Gasteiger partial charge on any atom is -0.423 e. The zero-order valence-corrected chi connectivity index (χ0v) is 15.1. The van der Waals surface area contributed by atoms with E-state index in [4.69, 9.17) is 4.65 Å². The van der Waals surface area contributed by atoms with E-state index in [2.05, 4.69) is 11.4 Å². The number of hydrogen-bond donors (Lipinski definition) is 3. The molecule has 0 unspecified atom stereocenters. The maximum atomic E-state index is 10.4. The molecule has 0 aromatic heterocycles. The van der Waals surface area contributed by atoms with Crippen LogP contribution >= 0.6 is 0 Å². The van der Waals surface area contributed by atoms with Gasteiger partial charge in [0.1, 0.15) is 6.07 Å². The minimum atomic E-state index is -1.20. The van der Waals surface area contributed by atoms with Gasteiger partial charge in [0.2, 0.25) is 0 Å². The first kappa shape index (κ1) is 19.5. The van der Waals surface area contributed by atoms with Gasteiger partial charge in [0, 0.05) is 5.54 Å². The minimum absolute atomic E-state index is 0.220. The molecule has 0 aliphatic rings. The molecule has 5 nitrogen and oxygen atoms in total. The van der Waals surface area contributed by atoms with Gasteiger partial charge in [0.15, 0.2) is 0 Å². The maximum Gasteiger partial charge on any atom is 0.491 e. The predicted molar refractivity (Wildman–Crippen MR) is 93.6 cm³/mol. The quantitative estimate of drug-likeness (QED) is 0.723. The molecule has 0 saturated heterocycles. The molecular weight excluding hydrogens is 291 g/mol. The van der Waals surface area contributed by atoms with Gasteiger partial charge in [0.25, 0.3) is 0 Å². The molecule has 3 N–H and O–H groups in total. The van der Waals surface area contributed by atoms with Crippen LogP contribution in [0, 0.1) is 11.3 Å². The second-order valence-electron chi connectivity index (χ2n) is 7.83. The van der Waals surface area contributed by atoms with E-state index in [0.717, 1.165) is 0 Å². The van der Waals surface area contributed by atoms with Gasteiger partial charge < -0.3 is 20.1 Å². The lowest BCUT2D eigenvalue weighted by Gasteiger charge is -2.38. The van der Waals surface area contributed by atoms with Crippen molar-refractivity contribution in [2.24, 2.45) is 0 Å². The van der Waals surface area contributed by atoms with Crippen molar-refractivity contribution < 1.29 is 14.8 Å². The summed E-state index contributed by atoms with van der Waals surface area (Å²) in [5.74, 6) is 0. The number of rotatable bonds is 5. The molecule has 0 spiro atoms. The zero-order chi connectivity index (χ0) is 18.1. The van der Waals surface area contributed by atoms with Crippen LogP contribution in [0.5, 0.6) is 0 Å². The van der Waals surface area contributed by atoms with Gasteiger partial charge in [-0.2, -0.15) is 5.26 Å². The van der Waals surface area contributed by atoms with Crippen molar-refractivity contribution in [1.29, 1.82) is 5.26 Å². The van der Waals surface area contributed by atoms with Gasteiger partial charge >= 0.3 is 7.12 Å². The normalized spacial score (nSPS) is 12.7. The molecule has 0 radical (unpaired) electrons. The second kappa shape index (κ2) is 6.52. The van der Waals surface area contributed by atoms with Crippen LogP contribution < -0.4 is 10.8 Å². The molecule has 23 heavy (non-hydrogen) atoms. The number of hydrogen-bond acceptors (Lipinski definition) is 5. The fourth-order valence-electron chi connectivity index (χ4n) is 1.81. The van der Waals surface area contributed by atoms with Crippen molar-refractivity contribution in [3.8, 4) is 6.07 Å². The molecule has 0 aliphatic carbocycles. The molecule has 1 rings (SSSR count). The first-order valence-corrected chi connectivity index (χ1v) is 7.67.